The zero-order valence-corrected chi connectivity index (χ0v) is 26.6. The molecule has 3 atom stereocenters. The highest BCUT2D eigenvalue weighted by molar-refractivity contribution is 6.36. The first-order chi connectivity index (χ1) is 21.5. The van der Waals surface area contributed by atoms with Crippen LogP contribution in [-0.2, 0) is 9.59 Å². The molecule has 13 heteroatoms. The molecule has 12 nitrogen and oxygen atoms in total. The van der Waals surface area contributed by atoms with Gasteiger partial charge in [0.25, 0.3) is 0 Å². The molecule has 2 aromatic heterocycles. The van der Waals surface area contributed by atoms with E-state index in [4.69, 9.17) is 26.1 Å². The van der Waals surface area contributed by atoms with Crippen LogP contribution in [0.25, 0.3) is 16.7 Å². The smallest absolute Gasteiger partial charge is 0.330 e. The van der Waals surface area contributed by atoms with Crippen molar-refractivity contribution in [2.24, 2.45) is 5.92 Å². The summed E-state index contributed by atoms with van der Waals surface area (Å²) in [5, 5.41) is 21.1. The minimum absolute atomic E-state index is 0.0179. The number of ether oxygens (including phenoxy) is 2. The van der Waals surface area contributed by atoms with Gasteiger partial charge in [-0.3, -0.25) is 4.79 Å². The molecule has 3 heterocycles. The van der Waals surface area contributed by atoms with E-state index in [9.17, 15) is 19.5 Å². The number of benzene rings is 1. The van der Waals surface area contributed by atoms with Crippen molar-refractivity contribution in [3.8, 4) is 17.3 Å². The molecule has 1 aliphatic carbocycles. The van der Waals surface area contributed by atoms with Crippen LogP contribution in [0.3, 0.4) is 0 Å². The maximum absolute atomic E-state index is 13.5. The lowest BCUT2D eigenvalue weighted by Crippen LogP contribution is -2.55. The molecule has 2 aliphatic rings. The van der Waals surface area contributed by atoms with Gasteiger partial charge in [0.05, 0.1) is 24.9 Å². The van der Waals surface area contributed by atoms with Crippen molar-refractivity contribution in [1.29, 1.82) is 0 Å². The number of carboxylic acids is 1. The summed E-state index contributed by atoms with van der Waals surface area (Å²) in [7, 11) is 3.19. The third-order valence-corrected chi connectivity index (χ3v) is 8.70. The summed E-state index contributed by atoms with van der Waals surface area (Å²) in [5.41, 5.74) is -0.0471. The maximum atomic E-state index is 13.5. The minimum Gasteiger partial charge on any atom is -0.495 e. The van der Waals surface area contributed by atoms with Gasteiger partial charge in [-0.05, 0) is 49.8 Å². The lowest BCUT2D eigenvalue weighted by molar-refractivity contribution is -0.143. The molecule has 45 heavy (non-hydrogen) atoms. The third kappa shape index (κ3) is 6.85. The van der Waals surface area contributed by atoms with Gasteiger partial charge in [-0.15, -0.1) is 0 Å². The molecule has 3 N–H and O–H groups in total. The summed E-state index contributed by atoms with van der Waals surface area (Å²) in [6.07, 6.45) is 8.43. The Labute approximate surface area is 266 Å². The van der Waals surface area contributed by atoms with E-state index in [0.29, 0.717) is 46.2 Å². The first-order valence-corrected chi connectivity index (χ1v) is 15.5. The van der Waals surface area contributed by atoms with Crippen molar-refractivity contribution in [3.63, 3.8) is 0 Å². The zero-order valence-electron chi connectivity index (χ0n) is 25.9. The fourth-order valence-electron chi connectivity index (χ4n) is 5.42. The number of allylic oxidation sites excluding steroid dienone is 1. The molecule has 5 rings (SSSR count). The number of pyridine rings is 1. The van der Waals surface area contributed by atoms with Gasteiger partial charge in [-0.1, -0.05) is 37.6 Å². The number of carbonyl (C=O) groups is 3. The number of methoxy groups -OCH3 is 1. The fourth-order valence-corrected chi connectivity index (χ4v) is 5.71. The average molecular weight is 639 g/mol. The molecule has 1 aromatic carbocycles. The summed E-state index contributed by atoms with van der Waals surface area (Å²) in [4.78, 5) is 45.0. The van der Waals surface area contributed by atoms with Gasteiger partial charge in [0.15, 0.2) is 5.82 Å². The molecule has 0 spiro atoms. The molecule has 0 bridgehead atoms. The summed E-state index contributed by atoms with van der Waals surface area (Å²) >= 11 is 6.67. The van der Waals surface area contributed by atoms with Crippen molar-refractivity contribution >= 4 is 40.4 Å². The number of rotatable bonds is 8. The van der Waals surface area contributed by atoms with Crippen LogP contribution in [0.2, 0.25) is 5.02 Å². The van der Waals surface area contributed by atoms with Crippen LogP contribution >= 0.6 is 11.6 Å². The molecule has 240 valence electrons. The van der Waals surface area contributed by atoms with Crippen LogP contribution < -0.4 is 20.1 Å². The van der Waals surface area contributed by atoms with Crippen LogP contribution in [0.5, 0.6) is 11.5 Å². The highest BCUT2D eigenvalue weighted by Crippen LogP contribution is 2.45. The highest BCUT2D eigenvalue weighted by atomic mass is 35.5. The van der Waals surface area contributed by atoms with Gasteiger partial charge in [-0.25, -0.2) is 19.3 Å². The van der Waals surface area contributed by atoms with Gasteiger partial charge in [0.2, 0.25) is 5.91 Å². The maximum Gasteiger partial charge on any atom is 0.330 e. The van der Waals surface area contributed by atoms with Crippen molar-refractivity contribution < 1.29 is 29.0 Å². The van der Waals surface area contributed by atoms with E-state index in [1.807, 2.05) is 38.3 Å². The number of carbonyl (C=O) groups excluding carboxylic acids is 2. The Morgan fingerprint density at radius 1 is 1.22 bits per heavy atom. The first kappa shape index (κ1) is 32.1. The van der Waals surface area contributed by atoms with E-state index in [2.05, 4.69) is 15.7 Å². The number of fused-ring (bicyclic) bond motifs is 2. The zero-order chi connectivity index (χ0) is 32.3. The lowest BCUT2D eigenvalue weighted by Gasteiger charge is -2.25. The van der Waals surface area contributed by atoms with Crippen LogP contribution in [0.4, 0.5) is 4.79 Å². The third-order valence-electron chi connectivity index (χ3n) is 8.34. The topological polar surface area (TPSA) is 148 Å². The van der Waals surface area contributed by atoms with Crippen molar-refractivity contribution in [1.82, 2.24) is 30.3 Å². The van der Waals surface area contributed by atoms with Crippen molar-refractivity contribution in [2.45, 2.75) is 63.5 Å². The first-order valence-electron chi connectivity index (χ1n) is 15.1. The molecule has 1 aliphatic heterocycles. The Kier molecular flexibility index (Phi) is 9.52. The second-order valence-corrected chi connectivity index (χ2v) is 12.2. The Balaban J connectivity index is 1.42. The monoisotopic (exact) mass is 638 g/mol. The predicted octanol–water partition coefficient (Wildman–Crippen LogP) is 4.68. The molecular formula is C32H39ClN6O6. The molecule has 0 radical (unpaired) electrons. The van der Waals surface area contributed by atoms with E-state index < -0.39 is 29.5 Å². The van der Waals surface area contributed by atoms with Crippen LogP contribution in [0.1, 0.15) is 57.6 Å². The largest absolute Gasteiger partial charge is 0.495 e. The van der Waals surface area contributed by atoms with Crippen LogP contribution in [0.15, 0.2) is 42.6 Å². The lowest BCUT2D eigenvalue weighted by atomic mass is 10.1. The summed E-state index contributed by atoms with van der Waals surface area (Å²) in [5.74, 6) is -0.402. The summed E-state index contributed by atoms with van der Waals surface area (Å²) < 4.78 is 13.3. The standard InChI is InChI=1S/C32H39ClN6O6/c1-19(2)22-12-15-39(37-22)26-17-25(21-10-11-24(44-4)27(33)28(21)35-26)45-16-13-23-29(40)36-32(30(41)42)18-20(32)9-7-5-6-8-14-38(3)31(43)34-23/h7,9-12,15,17,19-20,23H,5-6,8,13-14,16,18H2,1-4H3,(H,34,43)(H,36,40)(H,41,42). The quantitative estimate of drug-likeness (QED) is 0.301. The second-order valence-electron chi connectivity index (χ2n) is 11.9. The van der Waals surface area contributed by atoms with E-state index in [-0.39, 0.29) is 24.9 Å². The van der Waals surface area contributed by atoms with Gasteiger partial charge in [0.1, 0.15) is 28.1 Å². The van der Waals surface area contributed by atoms with Gasteiger partial charge in [-0.2, -0.15) is 5.10 Å². The number of nitrogens with one attached hydrogen (secondary N) is 2. The van der Waals surface area contributed by atoms with Gasteiger partial charge in [0, 0.05) is 43.6 Å². The molecule has 3 aromatic rings. The van der Waals surface area contributed by atoms with E-state index >= 15 is 0 Å². The number of halogens is 1. The van der Waals surface area contributed by atoms with Crippen molar-refractivity contribution in [3.05, 3.63) is 53.3 Å². The molecule has 0 saturated heterocycles. The minimum atomic E-state index is -1.39. The predicted molar refractivity (Wildman–Crippen MR) is 169 cm³/mol. The summed E-state index contributed by atoms with van der Waals surface area (Å²) in [6.45, 7) is 4.64. The summed E-state index contributed by atoms with van der Waals surface area (Å²) in [6, 6.07) is 5.70. The number of hydrogen-bond donors (Lipinski definition) is 3. The number of amides is 3. The van der Waals surface area contributed by atoms with Gasteiger partial charge >= 0.3 is 12.0 Å². The number of nitrogens with zero attached hydrogens (tertiary/aromatic N) is 4. The Morgan fingerprint density at radius 2 is 2.02 bits per heavy atom. The van der Waals surface area contributed by atoms with Crippen LogP contribution in [0, 0.1) is 5.92 Å². The Bertz CT molecular complexity index is 1620. The Hall–Kier alpha value is -4.32. The number of urea groups is 1. The fraction of sp³-hybridized carbons (Fsp3) is 0.469. The van der Waals surface area contributed by atoms with E-state index in [1.165, 1.54) is 12.0 Å². The number of hydrogen-bond acceptors (Lipinski definition) is 7. The van der Waals surface area contributed by atoms with Crippen molar-refractivity contribution in [2.75, 3.05) is 27.3 Å². The molecule has 3 amide bonds. The molecule has 1 saturated carbocycles. The average Bonchev–Trinajstić information content (AvgIpc) is 3.47. The highest BCUT2D eigenvalue weighted by Gasteiger charge is 2.60. The van der Waals surface area contributed by atoms with E-state index in [1.54, 1.807) is 29.9 Å². The molecule has 3 unspecified atom stereocenters. The van der Waals surface area contributed by atoms with E-state index in [0.717, 1.165) is 25.0 Å². The van der Waals surface area contributed by atoms with Crippen LogP contribution in [-0.4, -0.2) is 81.6 Å². The van der Waals surface area contributed by atoms with Gasteiger partial charge < -0.3 is 30.1 Å². The number of aromatic nitrogens is 3. The number of aliphatic carboxylic acids is 1. The molecular weight excluding hydrogens is 600 g/mol. The number of carboxylic acid groups (broad SMARTS) is 1. The molecule has 1 fully saturated rings. The normalized spacial score (nSPS) is 22.4. The SMILES string of the molecule is COc1ccc2c(OCCC3NC(=O)N(C)CCCCC=CC4CC4(C(=O)O)NC3=O)cc(-n3ccc(C(C)C)n3)nc2c1Cl. The second kappa shape index (κ2) is 13.4. The Morgan fingerprint density at radius 3 is 2.73 bits per heavy atom.